The molecular formula is C15H26N4. The molecule has 4 heteroatoms. The van der Waals surface area contributed by atoms with Gasteiger partial charge in [-0.05, 0) is 57.9 Å². The molecule has 0 aromatic carbocycles. The lowest BCUT2D eigenvalue weighted by molar-refractivity contribution is 0.250. The molecule has 3 rings (SSSR count). The number of hydrogen-bond acceptors (Lipinski definition) is 3. The largest absolute Gasteiger partial charge is 0.316 e. The van der Waals surface area contributed by atoms with E-state index in [0.29, 0.717) is 12.1 Å². The van der Waals surface area contributed by atoms with Crippen molar-refractivity contribution in [2.45, 2.75) is 58.0 Å². The van der Waals surface area contributed by atoms with Gasteiger partial charge in [0.15, 0.2) is 0 Å². The van der Waals surface area contributed by atoms with E-state index in [4.69, 9.17) is 0 Å². The molecule has 4 nitrogen and oxygen atoms in total. The van der Waals surface area contributed by atoms with Crippen LogP contribution in [-0.2, 0) is 6.42 Å². The Morgan fingerprint density at radius 3 is 2.79 bits per heavy atom. The lowest BCUT2D eigenvalue weighted by Gasteiger charge is -2.30. The SMILES string of the molecule is CNC(Cc1ncnn1C(C)C)C1CC2CCC1C2. The maximum absolute atomic E-state index is 4.47. The highest BCUT2D eigenvalue weighted by molar-refractivity contribution is 4.99. The summed E-state index contributed by atoms with van der Waals surface area (Å²) in [6, 6.07) is 0.965. The standard InChI is InChI=1S/C15H26N4/c1-10(2)19-15(17-9-18-19)8-14(16-3)13-7-11-4-5-12(13)6-11/h9-14,16H,4-8H2,1-3H3. The van der Waals surface area contributed by atoms with Crippen LogP contribution in [0.4, 0.5) is 0 Å². The van der Waals surface area contributed by atoms with Crippen molar-refractivity contribution >= 4 is 0 Å². The van der Waals surface area contributed by atoms with Gasteiger partial charge < -0.3 is 5.32 Å². The highest BCUT2D eigenvalue weighted by atomic mass is 15.3. The Morgan fingerprint density at radius 2 is 2.21 bits per heavy atom. The quantitative estimate of drug-likeness (QED) is 0.886. The van der Waals surface area contributed by atoms with Crippen molar-refractivity contribution in [3.05, 3.63) is 12.2 Å². The molecule has 2 aliphatic carbocycles. The van der Waals surface area contributed by atoms with Gasteiger partial charge in [0, 0.05) is 18.5 Å². The highest BCUT2D eigenvalue weighted by Gasteiger charge is 2.42. The zero-order chi connectivity index (χ0) is 13.4. The van der Waals surface area contributed by atoms with Gasteiger partial charge in [-0.15, -0.1) is 0 Å². The Balaban J connectivity index is 1.71. The van der Waals surface area contributed by atoms with Gasteiger partial charge in [-0.3, -0.25) is 0 Å². The molecule has 2 saturated carbocycles. The van der Waals surface area contributed by atoms with E-state index < -0.39 is 0 Å². The average molecular weight is 262 g/mol. The molecule has 0 amide bonds. The third kappa shape index (κ3) is 2.42. The smallest absolute Gasteiger partial charge is 0.138 e. The minimum absolute atomic E-state index is 0.398. The van der Waals surface area contributed by atoms with Crippen molar-refractivity contribution in [2.75, 3.05) is 7.05 Å². The van der Waals surface area contributed by atoms with Crippen LogP contribution < -0.4 is 5.32 Å². The molecule has 1 aromatic heterocycles. The van der Waals surface area contributed by atoms with E-state index in [1.54, 1.807) is 6.33 Å². The van der Waals surface area contributed by atoms with E-state index in [0.717, 1.165) is 30.0 Å². The molecule has 19 heavy (non-hydrogen) atoms. The minimum Gasteiger partial charge on any atom is -0.316 e. The molecule has 1 N–H and O–H groups in total. The minimum atomic E-state index is 0.398. The second-order valence-corrected chi connectivity index (χ2v) is 6.65. The van der Waals surface area contributed by atoms with Crippen molar-refractivity contribution in [3.63, 3.8) is 0 Å². The molecule has 1 heterocycles. The molecule has 4 atom stereocenters. The Labute approximate surface area is 116 Å². The molecule has 2 fully saturated rings. The van der Waals surface area contributed by atoms with E-state index in [1.807, 2.05) is 0 Å². The first kappa shape index (κ1) is 13.1. The van der Waals surface area contributed by atoms with Gasteiger partial charge in [-0.2, -0.15) is 5.10 Å². The molecule has 0 saturated heterocycles. The second-order valence-electron chi connectivity index (χ2n) is 6.65. The maximum atomic E-state index is 4.47. The third-order valence-electron chi connectivity index (χ3n) is 5.22. The Bertz CT molecular complexity index is 426. The van der Waals surface area contributed by atoms with Crippen LogP contribution in [0.15, 0.2) is 6.33 Å². The van der Waals surface area contributed by atoms with E-state index in [9.17, 15) is 0 Å². The Morgan fingerprint density at radius 1 is 1.37 bits per heavy atom. The lowest BCUT2D eigenvalue weighted by Crippen LogP contribution is -2.39. The van der Waals surface area contributed by atoms with Crippen molar-refractivity contribution in [1.82, 2.24) is 20.1 Å². The van der Waals surface area contributed by atoms with Crippen molar-refractivity contribution in [3.8, 4) is 0 Å². The first-order valence-electron chi connectivity index (χ1n) is 7.74. The normalized spacial score (nSPS) is 31.3. The average Bonchev–Trinajstić information content (AvgIpc) is 3.11. The van der Waals surface area contributed by atoms with Gasteiger partial charge in [-0.1, -0.05) is 6.42 Å². The summed E-state index contributed by atoms with van der Waals surface area (Å²) in [5.74, 6) is 3.95. The topological polar surface area (TPSA) is 42.7 Å². The second kappa shape index (κ2) is 5.23. The predicted molar refractivity (Wildman–Crippen MR) is 75.9 cm³/mol. The molecule has 1 aromatic rings. The summed E-state index contributed by atoms with van der Waals surface area (Å²) < 4.78 is 2.07. The zero-order valence-corrected chi connectivity index (χ0v) is 12.3. The fraction of sp³-hybridized carbons (Fsp3) is 0.867. The van der Waals surface area contributed by atoms with E-state index in [1.165, 1.54) is 25.7 Å². The Hall–Kier alpha value is -0.900. The number of rotatable bonds is 5. The molecular weight excluding hydrogens is 236 g/mol. The predicted octanol–water partition coefficient (Wildman–Crippen LogP) is 2.43. The lowest BCUT2D eigenvalue weighted by atomic mass is 9.82. The van der Waals surface area contributed by atoms with Gasteiger partial charge in [0.05, 0.1) is 0 Å². The monoisotopic (exact) mass is 262 g/mol. The van der Waals surface area contributed by atoms with Crippen LogP contribution in [0.1, 0.15) is 51.4 Å². The summed E-state index contributed by atoms with van der Waals surface area (Å²) >= 11 is 0. The van der Waals surface area contributed by atoms with Crippen LogP contribution in [0.25, 0.3) is 0 Å². The number of fused-ring (bicyclic) bond motifs is 2. The molecule has 0 aliphatic heterocycles. The van der Waals surface area contributed by atoms with Crippen LogP contribution in [0.5, 0.6) is 0 Å². The summed E-state index contributed by atoms with van der Waals surface area (Å²) in [5.41, 5.74) is 0. The molecule has 0 radical (unpaired) electrons. The molecule has 4 unspecified atom stereocenters. The molecule has 2 aliphatic rings. The van der Waals surface area contributed by atoms with Crippen LogP contribution in [0.2, 0.25) is 0 Å². The molecule has 0 spiro atoms. The number of nitrogens with one attached hydrogen (secondary N) is 1. The zero-order valence-electron chi connectivity index (χ0n) is 12.3. The van der Waals surface area contributed by atoms with E-state index in [2.05, 4.69) is 41.0 Å². The fourth-order valence-electron chi connectivity index (χ4n) is 4.30. The van der Waals surface area contributed by atoms with Gasteiger partial charge in [0.25, 0.3) is 0 Å². The Kier molecular flexibility index (Phi) is 3.61. The fourth-order valence-corrected chi connectivity index (χ4v) is 4.30. The number of hydrogen-bond donors (Lipinski definition) is 1. The van der Waals surface area contributed by atoms with Crippen LogP contribution in [0.3, 0.4) is 0 Å². The van der Waals surface area contributed by atoms with Gasteiger partial charge in [0.1, 0.15) is 12.2 Å². The van der Waals surface area contributed by atoms with Crippen LogP contribution in [-0.4, -0.2) is 27.9 Å². The van der Waals surface area contributed by atoms with Crippen LogP contribution in [0, 0.1) is 17.8 Å². The van der Waals surface area contributed by atoms with Crippen molar-refractivity contribution < 1.29 is 0 Å². The summed E-state index contributed by atoms with van der Waals surface area (Å²) in [4.78, 5) is 4.47. The van der Waals surface area contributed by atoms with Crippen molar-refractivity contribution in [1.29, 1.82) is 0 Å². The maximum Gasteiger partial charge on any atom is 0.138 e. The number of likely N-dealkylation sites (N-methyl/N-ethyl adjacent to an activating group) is 1. The first-order chi connectivity index (χ1) is 9.19. The first-order valence-corrected chi connectivity index (χ1v) is 7.74. The summed E-state index contributed by atoms with van der Waals surface area (Å²) in [6.07, 6.45) is 8.53. The number of aromatic nitrogens is 3. The summed E-state index contributed by atoms with van der Waals surface area (Å²) in [5, 5.41) is 7.91. The highest BCUT2D eigenvalue weighted by Crippen LogP contribution is 2.49. The van der Waals surface area contributed by atoms with Gasteiger partial charge >= 0.3 is 0 Å². The molecule has 2 bridgehead atoms. The van der Waals surface area contributed by atoms with Crippen molar-refractivity contribution in [2.24, 2.45) is 17.8 Å². The van der Waals surface area contributed by atoms with Gasteiger partial charge in [0.2, 0.25) is 0 Å². The van der Waals surface area contributed by atoms with E-state index in [-0.39, 0.29) is 0 Å². The van der Waals surface area contributed by atoms with Crippen LogP contribution >= 0.6 is 0 Å². The third-order valence-corrected chi connectivity index (χ3v) is 5.22. The van der Waals surface area contributed by atoms with Gasteiger partial charge in [-0.25, -0.2) is 9.67 Å². The van der Waals surface area contributed by atoms with E-state index >= 15 is 0 Å². The summed E-state index contributed by atoms with van der Waals surface area (Å²) in [7, 11) is 2.10. The number of nitrogens with zero attached hydrogens (tertiary/aromatic N) is 3. The summed E-state index contributed by atoms with van der Waals surface area (Å²) in [6.45, 7) is 4.34. The molecule has 106 valence electrons.